The van der Waals surface area contributed by atoms with Crippen LogP contribution in [0.3, 0.4) is 0 Å². The first-order valence-electron chi connectivity index (χ1n) is 7.38. The van der Waals surface area contributed by atoms with Gasteiger partial charge in [0.2, 0.25) is 0 Å². The zero-order valence-corrected chi connectivity index (χ0v) is 11.5. The van der Waals surface area contributed by atoms with Gasteiger partial charge in [0.05, 0.1) is 0 Å². The van der Waals surface area contributed by atoms with Gasteiger partial charge in [-0.05, 0) is 43.4 Å². The molecular formula is C16H20N2O2. The highest BCUT2D eigenvalue weighted by Gasteiger charge is 2.36. The van der Waals surface area contributed by atoms with E-state index in [-0.39, 0.29) is 0 Å². The van der Waals surface area contributed by atoms with Crippen LogP contribution in [0.15, 0.2) is 24.4 Å². The minimum Gasteiger partial charge on any atom is -0.478 e. The minimum absolute atomic E-state index is 0.593. The van der Waals surface area contributed by atoms with Crippen LogP contribution in [-0.4, -0.2) is 28.6 Å². The molecule has 2 aliphatic rings. The Morgan fingerprint density at radius 2 is 2.20 bits per heavy atom. The Hall–Kier alpha value is -1.84. The van der Waals surface area contributed by atoms with Gasteiger partial charge in [-0.2, -0.15) is 0 Å². The third-order valence-electron chi connectivity index (χ3n) is 4.50. The first kappa shape index (κ1) is 13.2. The lowest BCUT2D eigenvalue weighted by molar-refractivity contribution is -0.131. The van der Waals surface area contributed by atoms with Crippen LogP contribution in [-0.2, 0) is 4.79 Å². The van der Waals surface area contributed by atoms with Crippen molar-refractivity contribution >= 4 is 17.9 Å². The Balaban J connectivity index is 1.88. The quantitative estimate of drug-likeness (QED) is 0.860. The zero-order valence-electron chi connectivity index (χ0n) is 11.5. The molecule has 1 saturated heterocycles. The van der Waals surface area contributed by atoms with Crippen LogP contribution in [0.4, 0.5) is 5.82 Å². The minimum atomic E-state index is -0.920. The highest BCUT2D eigenvalue weighted by atomic mass is 16.4. The number of aromatic nitrogens is 1. The fourth-order valence-electron chi connectivity index (χ4n) is 3.61. The van der Waals surface area contributed by atoms with Gasteiger partial charge in [-0.1, -0.05) is 12.8 Å². The molecule has 1 aliphatic carbocycles. The van der Waals surface area contributed by atoms with E-state index < -0.39 is 5.97 Å². The van der Waals surface area contributed by atoms with Crippen molar-refractivity contribution in [2.75, 3.05) is 11.4 Å². The number of anilines is 1. The summed E-state index contributed by atoms with van der Waals surface area (Å²) in [5.74, 6) is 0.818. The lowest BCUT2D eigenvalue weighted by Gasteiger charge is -2.33. The molecule has 1 N–H and O–H groups in total. The van der Waals surface area contributed by atoms with E-state index in [2.05, 4.69) is 9.88 Å². The molecule has 1 aromatic heterocycles. The second-order valence-electron chi connectivity index (χ2n) is 5.68. The van der Waals surface area contributed by atoms with Gasteiger partial charge in [-0.15, -0.1) is 0 Å². The predicted molar refractivity (Wildman–Crippen MR) is 78.6 cm³/mol. The average Bonchev–Trinajstić information content (AvgIpc) is 2.89. The average molecular weight is 272 g/mol. The molecule has 3 rings (SSSR count). The highest BCUT2D eigenvalue weighted by molar-refractivity contribution is 5.86. The number of hydrogen-bond donors (Lipinski definition) is 1. The van der Waals surface area contributed by atoms with E-state index in [9.17, 15) is 4.79 Å². The Bertz CT molecular complexity index is 527. The maximum atomic E-state index is 10.7. The topological polar surface area (TPSA) is 53.4 Å². The predicted octanol–water partition coefficient (Wildman–Crippen LogP) is 2.95. The van der Waals surface area contributed by atoms with Crippen molar-refractivity contribution in [1.29, 1.82) is 0 Å². The molecule has 1 aliphatic heterocycles. The first-order chi connectivity index (χ1) is 9.75. The van der Waals surface area contributed by atoms with Crippen LogP contribution in [0.25, 0.3) is 6.08 Å². The van der Waals surface area contributed by atoms with Crippen LogP contribution in [0.5, 0.6) is 0 Å². The molecule has 106 valence electrons. The molecule has 4 nitrogen and oxygen atoms in total. The van der Waals surface area contributed by atoms with E-state index in [1.165, 1.54) is 38.2 Å². The molecule has 0 spiro atoms. The summed E-state index contributed by atoms with van der Waals surface area (Å²) in [5.41, 5.74) is 0.904. The molecule has 0 amide bonds. The summed E-state index contributed by atoms with van der Waals surface area (Å²) in [6.45, 7) is 1.04. The largest absolute Gasteiger partial charge is 0.478 e. The first-order valence-corrected chi connectivity index (χ1v) is 7.38. The summed E-state index contributed by atoms with van der Waals surface area (Å²) in [6.07, 6.45) is 11.1. The molecular weight excluding hydrogens is 252 g/mol. The lowest BCUT2D eigenvalue weighted by atomic mass is 9.85. The third-order valence-corrected chi connectivity index (χ3v) is 4.50. The van der Waals surface area contributed by atoms with Crippen molar-refractivity contribution in [1.82, 2.24) is 4.98 Å². The molecule has 0 radical (unpaired) electrons. The van der Waals surface area contributed by atoms with Crippen molar-refractivity contribution in [3.8, 4) is 0 Å². The molecule has 2 atom stereocenters. The number of aliphatic carboxylic acids is 1. The number of fused-ring (bicyclic) bond motifs is 1. The lowest BCUT2D eigenvalue weighted by Crippen LogP contribution is -2.35. The fourth-order valence-corrected chi connectivity index (χ4v) is 3.61. The molecule has 20 heavy (non-hydrogen) atoms. The van der Waals surface area contributed by atoms with Gasteiger partial charge < -0.3 is 10.0 Å². The summed E-state index contributed by atoms with van der Waals surface area (Å²) >= 11 is 0. The number of pyridine rings is 1. The molecule has 1 saturated carbocycles. The number of hydrogen-bond acceptors (Lipinski definition) is 3. The van der Waals surface area contributed by atoms with E-state index in [1.54, 1.807) is 12.3 Å². The molecule has 2 fully saturated rings. The Labute approximate surface area is 119 Å². The third kappa shape index (κ3) is 2.55. The van der Waals surface area contributed by atoms with Gasteiger partial charge in [0.1, 0.15) is 5.82 Å². The Kier molecular flexibility index (Phi) is 3.72. The SMILES string of the molecule is O=C(O)/C=C/c1cccnc1N1CCC2CCCCC21. The van der Waals surface area contributed by atoms with Crippen LogP contribution >= 0.6 is 0 Å². The molecule has 4 heteroatoms. The molecule has 0 bridgehead atoms. The zero-order chi connectivity index (χ0) is 13.9. The standard InChI is InChI=1S/C16H20N2O2/c19-15(20)8-7-13-5-3-10-17-16(13)18-11-9-12-4-1-2-6-14(12)18/h3,5,7-8,10,12,14H,1-2,4,6,9,11H2,(H,19,20)/b8-7+. The summed E-state index contributed by atoms with van der Waals surface area (Å²) in [5, 5.41) is 8.80. The summed E-state index contributed by atoms with van der Waals surface area (Å²) < 4.78 is 0. The second-order valence-corrected chi connectivity index (χ2v) is 5.68. The van der Waals surface area contributed by atoms with Gasteiger partial charge in [0, 0.05) is 30.4 Å². The monoisotopic (exact) mass is 272 g/mol. The number of carboxylic acids is 1. The van der Waals surface area contributed by atoms with Gasteiger partial charge in [0.15, 0.2) is 0 Å². The summed E-state index contributed by atoms with van der Waals surface area (Å²) in [6, 6.07) is 4.40. The van der Waals surface area contributed by atoms with E-state index >= 15 is 0 Å². The normalized spacial score (nSPS) is 25.9. The van der Waals surface area contributed by atoms with Crippen LogP contribution in [0.2, 0.25) is 0 Å². The number of carbonyl (C=O) groups is 1. The van der Waals surface area contributed by atoms with Gasteiger partial charge in [-0.25, -0.2) is 9.78 Å². The van der Waals surface area contributed by atoms with E-state index in [1.807, 2.05) is 12.1 Å². The van der Waals surface area contributed by atoms with Crippen molar-refractivity contribution in [3.63, 3.8) is 0 Å². The maximum absolute atomic E-state index is 10.7. The fraction of sp³-hybridized carbons (Fsp3) is 0.500. The van der Waals surface area contributed by atoms with Gasteiger partial charge in [-0.3, -0.25) is 0 Å². The molecule has 1 aromatic rings. The smallest absolute Gasteiger partial charge is 0.328 e. The molecule has 0 aromatic carbocycles. The summed E-state index contributed by atoms with van der Waals surface area (Å²) in [4.78, 5) is 17.6. The second kappa shape index (κ2) is 5.65. The highest BCUT2D eigenvalue weighted by Crippen LogP contribution is 2.39. The van der Waals surface area contributed by atoms with Crippen LogP contribution in [0.1, 0.15) is 37.7 Å². The van der Waals surface area contributed by atoms with Gasteiger partial charge >= 0.3 is 5.97 Å². The van der Waals surface area contributed by atoms with Crippen molar-refractivity contribution in [2.45, 2.75) is 38.1 Å². The number of carboxylic acid groups (broad SMARTS) is 1. The van der Waals surface area contributed by atoms with Crippen LogP contribution in [0, 0.1) is 5.92 Å². The van der Waals surface area contributed by atoms with Crippen molar-refractivity contribution < 1.29 is 9.90 Å². The Morgan fingerprint density at radius 1 is 1.35 bits per heavy atom. The van der Waals surface area contributed by atoms with Crippen molar-refractivity contribution in [2.24, 2.45) is 5.92 Å². The van der Waals surface area contributed by atoms with Crippen molar-refractivity contribution in [3.05, 3.63) is 30.0 Å². The number of rotatable bonds is 3. The van der Waals surface area contributed by atoms with Gasteiger partial charge in [0.25, 0.3) is 0 Å². The molecule has 2 heterocycles. The molecule has 2 unspecified atom stereocenters. The maximum Gasteiger partial charge on any atom is 0.328 e. The summed E-state index contributed by atoms with van der Waals surface area (Å²) in [7, 11) is 0. The number of nitrogens with zero attached hydrogens (tertiary/aromatic N) is 2. The van der Waals surface area contributed by atoms with Crippen LogP contribution < -0.4 is 4.90 Å². The van der Waals surface area contributed by atoms with E-state index in [4.69, 9.17) is 5.11 Å². The van der Waals surface area contributed by atoms with E-state index in [0.29, 0.717) is 6.04 Å². The van der Waals surface area contributed by atoms with E-state index in [0.717, 1.165) is 23.8 Å². The Morgan fingerprint density at radius 3 is 3.05 bits per heavy atom.